The zero-order valence-electron chi connectivity index (χ0n) is 19.5. The summed E-state index contributed by atoms with van der Waals surface area (Å²) in [6.07, 6.45) is -3.47. The molecule has 0 aliphatic carbocycles. The predicted molar refractivity (Wildman–Crippen MR) is 122 cm³/mol. The smallest absolute Gasteiger partial charge is 0.435 e. The topological polar surface area (TPSA) is 120 Å². The lowest BCUT2D eigenvalue weighted by Gasteiger charge is -2.10. The van der Waals surface area contributed by atoms with Crippen LogP contribution in [0.5, 0.6) is 0 Å². The average molecular weight is 520 g/mol. The minimum Gasteiger partial charge on any atom is -0.468 e. The van der Waals surface area contributed by atoms with Crippen LogP contribution in [0.15, 0.2) is 36.5 Å². The number of esters is 1. The summed E-state index contributed by atoms with van der Waals surface area (Å²) in [5.41, 5.74) is -0.970. The number of benzene rings is 2. The number of alkyl halides is 3. The Kier molecular flexibility index (Phi) is 6.83. The van der Waals surface area contributed by atoms with Crippen molar-refractivity contribution in [3.8, 4) is 11.1 Å². The Morgan fingerprint density at radius 3 is 2.46 bits per heavy atom. The molecule has 194 valence electrons. The van der Waals surface area contributed by atoms with E-state index in [-0.39, 0.29) is 22.0 Å². The summed E-state index contributed by atoms with van der Waals surface area (Å²) in [6.45, 7) is -1.58. The van der Waals surface area contributed by atoms with E-state index in [0.717, 1.165) is 11.8 Å². The van der Waals surface area contributed by atoms with Crippen molar-refractivity contribution in [2.45, 2.75) is 12.7 Å². The molecule has 2 N–H and O–H groups in total. The number of carbonyl (C=O) groups excluding carboxylic acids is 3. The van der Waals surface area contributed by atoms with Crippen molar-refractivity contribution in [3.63, 3.8) is 0 Å². The van der Waals surface area contributed by atoms with Gasteiger partial charge in [0, 0.05) is 23.4 Å². The van der Waals surface area contributed by atoms with Crippen molar-refractivity contribution in [1.29, 1.82) is 0 Å². The van der Waals surface area contributed by atoms with Crippen LogP contribution in [0.4, 0.5) is 17.6 Å². The number of ether oxygens (including phenoxy) is 1. The zero-order chi connectivity index (χ0) is 26.9. The summed E-state index contributed by atoms with van der Waals surface area (Å²) in [4.78, 5) is 35.2. The predicted octanol–water partition coefficient (Wildman–Crippen LogP) is 2.15. The molecular formula is C23H20F4N6O4. The maximum absolute atomic E-state index is 15.0. The minimum atomic E-state index is -4.91. The minimum absolute atomic E-state index is 0.0559. The lowest BCUT2D eigenvalue weighted by molar-refractivity contribution is -0.141. The molecule has 0 saturated heterocycles. The number of aryl methyl sites for hydroxylation is 1. The molecule has 0 unspecified atom stereocenters. The van der Waals surface area contributed by atoms with E-state index >= 15 is 4.39 Å². The molecule has 0 fully saturated rings. The van der Waals surface area contributed by atoms with Crippen LogP contribution < -0.4 is 10.6 Å². The molecule has 0 saturated carbocycles. The molecule has 2 amide bonds. The Balaban J connectivity index is 1.68. The molecule has 2 heterocycles. The number of fused-ring (bicyclic) bond motifs is 2. The van der Waals surface area contributed by atoms with Gasteiger partial charge < -0.3 is 15.4 Å². The Morgan fingerprint density at radius 1 is 1.03 bits per heavy atom. The maximum Gasteiger partial charge on any atom is 0.435 e. The first-order valence-electron chi connectivity index (χ1n) is 10.8. The fourth-order valence-electron chi connectivity index (χ4n) is 3.83. The summed E-state index contributed by atoms with van der Waals surface area (Å²) < 4.78 is 63.7. The third kappa shape index (κ3) is 5.22. The van der Waals surface area contributed by atoms with E-state index in [4.69, 9.17) is 0 Å². The largest absolute Gasteiger partial charge is 0.468 e. The summed E-state index contributed by atoms with van der Waals surface area (Å²) in [7, 11) is 2.76. The second-order valence-corrected chi connectivity index (χ2v) is 7.99. The van der Waals surface area contributed by atoms with Crippen LogP contribution >= 0.6 is 0 Å². The first-order valence-corrected chi connectivity index (χ1v) is 10.8. The second-order valence-electron chi connectivity index (χ2n) is 7.99. The highest BCUT2D eigenvalue weighted by molar-refractivity contribution is 6.00. The standard InChI is InChI=1S/C23H20F4N6O4/c1-32-17-7-14(15(24)6-12(17)8-30-32)13-4-3-5-16-21(13)22(23(25,26)27)31-33(16)11-19(35)28-9-18(34)29-10-20(36)37-2/h3-8H,9-11H2,1-2H3,(H,28,35)(H,29,34). The fraction of sp³-hybridized carbons (Fsp3) is 0.261. The van der Waals surface area contributed by atoms with Gasteiger partial charge in [-0.05, 0) is 23.8 Å². The van der Waals surface area contributed by atoms with Crippen LogP contribution in [0.1, 0.15) is 5.69 Å². The third-order valence-electron chi connectivity index (χ3n) is 5.57. The molecule has 4 rings (SSSR count). The molecular weight excluding hydrogens is 500 g/mol. The van der Waals surface area contributed by atoms with Crippen molar-refractivity contribution in [3.05, 3.63) is 48.0 Å². The summed E-state index contributed by atoms with van der Waals surface area (Å²) in [6, 6.07) is 6.70. The van der Waals surface area contributed by atoms with E-state index in [9.17, 15) is 27.6 Å². The van der Waals surface area contributed by atoms with Crippen LogP contribution in [0.25, 0.3) is 32.9 Å². The number of carbonyl (C=O) groups is 3. The summed E-state index contributed by atoms with van der Waals surface area (Å²) in [5, 5.41) is 12.2. The van der Waals surface area contributed by atoms with Crippen molar-refractivity contribution >= 4 is 39.6 Å². The van der Waals surface area contributed by atoms with Crippen LogP contribution in [0, 0.1) is 5.82 Å². The van der Waals surface area contributed by atoms with Crippen LogP contribution in [0.3, 0.4) is 0 Å². The molecule has 2 aromatic carbocycles. The lowest BCUT2D eigenvalue weighted by Crippen LogP contribution is -2.40. The number of halogens is 4. The number of rotatable bonds is 7. The number of nitrogens with zero attached hydrogens (tertiary/aromatic N) is 4. The molecule has 37 heavy (non-hydrogen) atoms. The van der Waals surface area contributed by atoms with Crippen LogP contribution in [-0.4, -0.2) is 57.5 Å². The lowest BCUT2D eigenvalue weighted by atomic mass is 9.98. The Labute approximate surface area is 206 Å². The number of amides is 2. The molecule has 14 heteroatoms. The van der Waals surface area contributed by atoms with E-state index in [1.54, 1.807) is 7.05 Å². The van der Waals surface area contributed by atoms with E-state index in [0.29, 0.717) is 10.9 Å². The monoisotopic (exact) mass is 520 g/mol. The van der Waals surface area contributed by atoms with Crippen molar-refractivity contribution < 1.29 is 36.7 Å². The average Bonchev–Trinajstić information content (AvgIpc) is 3.40. The fourth-order valence-corrected chi connectivity index (χ4v) is 3.83. The van der Waals surface area contributed by atoms with Crippen LogP contribution in [0.2, 0.25) is 0 Å². The van der Waals surface area contributed by atoms with Crippen molar-refractivity contribution in [1.82, 2.24) is 30.2 Å². The van der Waals surface area contributed by atoms with Crippen molar-refractivity contribution in [2.75, 3.05) is 20.2 Å². The number of aromatic nitrogens is 4. The normalized spacial score (nSPS) is 11.6. The molecule has 0 aliphatic heterocycles. The first kappa shape index (κ1) is 25.6. The highest BCUT2D eigenvalue weighted by atomic mass is 19.4. The van der Waals surface area contributed by atoms with Gasteiger partial charge in [-0.25, -0.2) is 4.39 Å². The van der Waals surface area contributed by atoms with E-state index in [2.05, 4.69) is 25.6 Å². The van der Waals surface area contributed by atoms with Gasteiger partial charge in [0.05, 0.1) is 30.9 Å². The Hall–Kier alpha value is -4.49. The number of methoxy groups -OCH3 is 1. The van der Waals surface area contributed by atoms with E-state index in [1.807, 2.05) is 0 Å². The van der Waals surface area contributed by atoms with Gasteiger partial charge in [-0.2, -0.15) is 23.4 Å². The van der Waals surface area contributed by atoms with E-state index < -0.39 is 55.1 Å². The van der Waals surface area contributed by atoms with Gasteiger partial charge in [-0.1, -0.05) is 12.1 Å². The SMILES string of the molecule is COC(=O)CNC(=O)CNC(=O)Cn1nc(C(F)(F)F)c2c(-c3cc4c(cnn4C)cc3F)cccc21. The van der Waals surface area contributed by atoms with Gasteiger partial charge in [-0.3, -0.25) is 23.7 Å². The summed E-state index contributed by atoms with van der Waals surface area (Å²) >= 11 is 0. The van der Waals surface area contributed by atoms with Gasteiger partial charge in [0.15, 0.2) is 5.69 Å². The number of hydrogen-bond donors (Lipinski definition) is 2. The molecule has 2 aromatic heterocycles. The quantitative estimate of drug-likeness (QED) is 0.285. The molecule has 0 atom stereocenters. The number of nitrogens with one attached hydrogen (secondary N) is 2. The second kappa shape index (κ2) is 9.87. The highest BCUT2D eigenvalue weighted by Gasteiger charge is 2.38. The van der Waals surface area contributed by atoms with Gasteiger partial charge in [0.25, 0.3) is 0 Å². The zero-order valence-corrected chi connectivity index (χ0v) is 19.5. The highest BCUT2D eigenvalue weighted by Crippen LogP contribution is 2.40. The molecule has 0 aliphatic rings. The van der Waals surface area contributed by atoms with E-state index in [1.165, 1.54) is 41.2 Å². The number of hydrogen-bond acceptors (Lipinski definition) is 6. The Morgan fingerprint density at radius 2 is 1.76 bits per heavy atom. The molecule has 0 spiro atoms. The van der Waals surface area contributed by atoms with Crippen molar-refractivity contribution in [2.24, 2.45) is 7.05 Å². The summed E-state index contributed by atoms with van der Waals surface area (Å²) in [5.74, 6) is -2.95. The molecule has 0 bridgehead atoms. The van der Waals surface area contributed by atoms with Gasteiger partial charge >= 0.3 is 12.1 Å². The molecule has 0 radical (unpaired) electrons. The van der Waals surface area contributed by atoms with Gasteiger partial charge in [0.2, 0.25) is 11.8 Å². The molecule has 10 nitrogen and oxygen atoms in total. The van der Waals surface area contributed by atoms with Gasteiger partial charge in [-0.15, -0.1) is 0 Å². The Bertz CT molecular complexity index is 1530. The maximum atomic E-state index is 15.0. The molecule has 4 aromatic rings. The first-order chi connectivity index (χ1) is 17.5. The third-order valence-corrected chi connectivity index (χ3v) is 5.57. The van der Waals surface area contributed by atoms with Crippen LogP contribution in [-0.2, 0) is 38.9 Å². The van der Waals surface area contributed by atoms with Gasteiger partial charge in [0.1, 0.15) is 18.9 Å².